The summed E-state index contributed by atoms with van der Waals surface area (Å²) in [7, 11) is 0. The summed E-state index contributed by atoms with van der Waals surface area (Å²) in [4.78, 5) is 21.7. The molecule has 0 N–H and O–H groups in total. The molecule has 0 fully saturated rings. The molecule has 1 aromatic carbocycles. The van der Waals surface area contributed by atoms with E-state index in [1.54, 1.807) is 18.2 Å². The minimum atomic E-state index is -0.0325. The van der Waals surface area contributed by atoms with Gasteiger partial charge in [0.25, 0.3) is 0 Å². The predicted octanol–water partition coefficient (Wildman–Crippen LogP) is 2.03. The van der Waals surface area contributed by atoms with Crippen LogP contribution in [0.25, 0.3) is 0 Å². The summed E-state index contributed by atoms with van der Waals surface area (Å²) in [5.41, 5.74) is 1.31. The molecule has 80 valence electrons. The van der Waals surface area contributed by atoms with Crippen LogP contribution >= 0.6 is 0 Å². The summed E-state index contributed by atoms with van der Waals surface area (Å²) in [6.45, 7) is 3.95. The Bertz CT molecular complexity index is 369. The van der Waals surface area contributed by atoms with Crippen molar-refractivity contribution in [1.82, 2.24) is 0 Å². The lowest BCUT2D eigenvalue weighted by molar-refractivity contribution is -0.107. The molecule has 0 atom stereocenters. The first-order valence-electron chi connectivity index (χ1n) is 4.89. The first-order chi connectivity index (χ1) is 7.19. The molecule has 0 saturated carbocycles. The van der Waals surface area contributed by atoms with E-state index in [9.17, 15) is 9.59 Å². The van der Waals surface area contributed by atoms with Crippen LogP contribution in [0.3, 0.4) is 0 Å². The van der Waals surface area contributed by atoms with Gasteiger partial charge in [-0.25, -0.2) is 0 Å². The Kier molecular flexibility index (Phi) is 4.03. The van der Waals surface area contributed by atoms with E-state index in [-0.39, 0.29) is 12.2 Å². The Labute approximate surface area is 89.1 Å². The van der Waals surface area contributed by atoms with Crippen LogP contribution in [0.4, 0.5) is 0 Å². The summed E-state index contributed by atoms with van der Waals surface area (Å²) in [6, 6.07) is 5.19. The van der Waals surface area contributed by atoms with Crippen molar-refractivity contribution in [3.63, 3.8) is 0 Å². The number of carbonyl (C=O) groups is 2. The van der Waals surface area contributed by atoms with Gasteiger partial charge in [-0.1, -0.05) is 0 Å². The number of ether oxygens (including phenoxy) is 1. The number of Topliss-reactive ketones (excluding diaryl/α,β-unsaturated/α-hetero) is 1. The molecule has 15 heavy (non-hydrogen) atoms. The minimum absolute atomic E-state index is 0.0325. The standard InChI is InChI=1S/C12H14O3/c1-3-15-11-4-5-12(9(2)14)10(8-11)6-7-13/h4-5,7-8H,3,6H2,1-2H3. The van der Waals surface area contributed by atoms with Gasteiger partial charge in [-0.15, -0.1) is 0 Å². The second kappa shape index (κ2) is 5.29. The molecule has 3 heteroatoms. The van der Waals surface area contributed by atoms with Crippen molar-refractivity contribution in [3.8, 4) is 5.75 Å². The van der Waals surface area contributed by atoms with Crippen LogP contribution in [0.2, 0.25) is 0 Å². The summed E-state index contributed by atoms with van der Waals surface area (Å²) in [5.74, 6) is 0.661. The molecule has 0 bridgehead atoms. The van der Waals surface area contributed by atoms with Gasteiger partial charge in [-0.2, -0.15) is 0 Å². The highest BCUT2D eigenvalue weighted by atomic mass is 16.5. The van der Waals surface area contributed by atoms with E-state index < -0.39 is 0 Å². The second-order valence-electron chi connectivity index (χ2n) is 3.18. The van der Waals surface area contributed by atoms with Crippen molar-refractivity contribution in [2.45, 2.75) is 20.3 Å². The monoisotopic (exact) mass is 206 g/mol. The average Bonchev–Trinajstić information content (AvgIpc) is 2.18. The Morgan fingerprint density at radius 2 is 2.20 bits per heavy atom. The first kappa shape index (κ1) is 11.4. The van der Waals surface area contributed by atoms with Gasteiger partial charge in [-0.05, 0) is 37.6 Å². The van der Waals surface area contributed by atoms with Crippen LogP contribution < -0.4 is 4.74 Å². The van der Waals surface area contributed by atoms with Crippen LogP contribution in [-0.4, -0.2) is 18.7 Å². The number of rotatable bonds is 5. The maximum atomic E-state index is 11.3. The largest absolute Gasteiger partial charge is 0.494 e. The van der Waals surface area contributed by atoms with Crippen LogP contribution in [0.5, 0.6) is 5.75 Å². The average molecular weight is 206 g/mol. The molecule has 0 heterocycles. The van der Waals surface area contributed by atoms with E-state index in [0.717, 1.165) is 11.8 Å². The summed E-state index contributed by atoms with van der Waals surface area (Å²) >= 11 is 0. The van der Waals surface area contributed by atoms with Crippen LogP contribution in [0.15, 0.2) is 18.2 Å². The van der Waals surface area contributed by atoms with Crippen molar-refractivity contribution < 1.29 is 14.3 Å². The number of hydrogen-bond donors (Lipinski definition) is 0. The van der Waals surface area contributed by atoms with E-state index in [2.05, 4.69) is 0 Å². The molecule has 0 saturated heterocycles. The topological polar surface area (TPSA) is 43.4 Å². The fourth-order valence-corrected chi connectivity index (χ4v) is 1.43. The summed E-state index contributed by atoms with van der Waals surface area (Å²) < 4.78 is 5.30. The fourth-order valence-electron chi connectivity index (χ4n) is 1.43. The molecule has 0 radical (unpaired) electrons. The van der Waals surface area contributed by atoms with Gasteiger partial charge in [0.15, 0.2) is 5.78 Å². The minimum Gasteiger partial charge on any atom is -0.494 e. The van der Waals surface area contributed by atoms with Crippen molar-refractivity contribution in [2.75, 3.05) is 6.61 Å². The van der Waals surface area contributed by atoms with E-state index in [1.165, 1.54) is 6.92 Å². The number of benzene rings is 1. The molecule has 0 aliphatic heterocycles. The number of carbonyl (C=O) groups excluding carboxylic acids is 2. The van der Waals surface area contributed by atoms with E-state index in [1.807, 2.05) is 6.92 Å². The lowest BCUT2D eigenvalue weighted by Gasteiger charge is -2.07. The molecule has 0 aliphatic carbocycles. The molecular formula is C12H14O3. The zero-order chi connectivity index (χ0) is 11.3. The maximum Gasteiger partial charge on any atom is 0.160 e. The molecule has 1 rings (SSSR count). The van der Waals surface area contributed by atoms with Crippen LogP contribution in [-0.2, 0) is 11.2 Å². The van der Waals surface area contributed by atoms with Crippen molar-refractivity contribution in [2.24, 2.45) is 0 Å². The SMILES string of the molecule is CCOc1ccc(C(C)=O)c(CC=O)c1. The Morgan fingerprint density at radius 3 is 2.73 bits per heavy atom. The van der Waals surface area contributed by atoms with Gasteiger partial charge >= 0.3 is 0 Å². The quantitative estimate of drug-likeness (QED) is 0.547. The molecule has 0 amide bonds. The summed E-state index contributed by atoms with van der Waals surface area (Å²) in [6.07, 6.45) is 1.04. The zero-order valence-corrected chi connectivity index (χ0v) is 8.95. The highest BCUT2D eigenvalue weighted by molar-refractivity contribution is 5.96. The van der Waals surface area contributed by atoms with Crippen LogP contribution in [0, 0.1) is 0 Å². The molecular weight excluding hydrogens is 192 g/mol. The zero-order valence-electron chi connectivity index (χ0n) is 8.95. The van der Waals surface area contributed by atoms with E-state index >= 15 is 0 Å². The van der Waals surface area contributed by atoms with Gasteiger partial charge in [0, 0.05) is 12.0 Å². The molecule has 0 aromatic heterocycles. The third kappa shape index (κ3) is 2.91. The predicted molar refractivity (Wildman–Crippen MR) is 57.4 cm³/mol. The molecule has 3 nitrogen and oxygen atoms in total. The number of hydrogen-bond acceptors (Lipinski definition) is 3. The van der Waals surface area contributed by atoms with Crippen molar-refractivity contribution in [1.29, 1.82) is 0 Å². The van der Waals surface area contributed by atoms with Crippen LogP contribution in [0.1, 0.15) is 29.8 Å². The molecule has 0 unspecified atom stereocenters. The van der Waals surface area contributed by atoms with E-state index in [0.29, 0.717) is 17.9 Å². The normalized spacial score (nSPS) is 9.73. The van der Waals surface area contributed by atoms with Gasteiger partial charge in [-0.3, -0.25) is 4.79 Å². The Balaban J connectivity index is 3.08. The molecule has 0 spiro atoms. The highest BCUT2D eigenvalue weighted by Gasteiger charge is 2.07. The Morgan fingerprint density at radius 1 is 1.47 bits per heavy atom. The lowest BCUT2D eigenvalue weighted by atomic mass is 10.0. The smallest absolute Gasteiger partial charge is 0.160 e. The lowest BCUT2D eigenvalue weighted by Crippen LogP contribution is -2.02. The van der Waals surface area contributed by atoms with Gasteiger partial charge in [0.2, 0.25) is 0 Å². The van der Waals surface area contributed by atoms with Gasteiger partial charge < -0.3 is 9.53 Å². The van der Waals surface area contributed by atoms with Crippen molar-refractivity contribution in [3.05, 3.63) is 29.3 Å². The first-order valence-corrected chi connectivity index (χ1v) is 4.89. The highest BCUT2D eigenvalue weighted by Crippen LogP contribution is 2.18. The fraction of sp³-hybridized carbons (Fsp3) is 0.333. The third-order valence-corrected chi connectivity index (χ3v) is 2.07. The molecule has 0 aliphatic rings. The maximum absolute atomic E-state index is 11.3. The second-order valence-corrected chi connectivity index (χ2v) is 3.18. The number of aldehydes is 1. The third-order valence-electron chi connectivity index (χ3n) is 2.07. The van der Waals surface area contributed by atoms with E-state index in [4.69, 9.17) is 4.74 Å². The number of ketones is 1. The molecule has 1 aromatic rings. The summed E-state index contributed by atoms with van der Waals surface area (Å²) in [5, 5.41) is 0. The van der Waals surface area contributed by atoms with Gasteiger partial charge in [0.05, 0.1) is 6.61 Å². The van der Waals surface area contributed by atoms with Crippen molar-refractivity contribution >= 4 is 12.1 Å². The Hall–Kier alpha value is -1.64. The van der Waals surface area contributed by atoms with Gasteiger partial charge in [0.1, 0.15) is 12.0 Å².